The van der Waals surface area contributed by atoms with Crippen LogP contribution in [0.5, 0.6) is 0 Å². The van der Waals surface area contributed by atoms with Crippen molar-refractivity contribution in [3.63, 3.8) is 0 Å². The summed E-state index contributed by atoms with van der Waals surface area (Å²) in [5.41, 5.74) is 4.74. The van der Waals surface area contributed by atoms with Gasteiger partial charge < -0.3 is 4.42 Å². The monoisotopic (exact) mass is 275 g/mol. The van der Waals surface area contributed by atoms with E-state index in [-0.39, 0.29) is 5.95 Å². The molecule has 0 unspecified atom stereocenters. The van der Waals surface area contributed by atoms with Gasteiger partial charge in [-0.2, -0.15) is 4.98 Å². The van der Waals surface area contributed by atoms with Crippen LogP contribution in [-0.2, 0) is 0 Å². The number of hydrogen-bond acceptors (Lipinski definition) is 6. The van der Waals surface area contributed by atoms with E-state index in [1.54, 1.807) is 6.07 Å². The number of oxazole rings is 1. The lowest BCUT2D eigenvalue weighted by molar-refractivity contribution is 0.607. The largest absolute Gasteiger partial charge is 0.417 e. The molecule has 0 aliphatic rings. The first kappa shape index (κ1) is 11.9. The molecule has 3 N–H and O–H groups in total. The number of nitrogens with zero attached hydrogens (tertiary/aromatic N) is 3. The van der Waals surface area contributed by atoms with Crippen molar-refractivity contribution in [3.8, 4) is 11.5 Å². The number of nitrogen functional groups attached to an aromatic ring is 1. The van der Waals surface area contributed by atoms with Crippen LogP contribution in [0, 0.1) is 6.92 Å². The van der Waals surface area contributed by atoms with Gasteiger partial charge in [0.1, 0.15) is 0 Å². The van der Waals surface area contributed by atoms with Crippen LogP contribution >= 0.6 is 11.6 Å². The molecule has 3 rings (SSSR count). The Morgan fingerprint density at radius 2 is 2.00 bits per heavy atom. The lowest BCUT2D eigenvalue weighted by Crippen LogP contribution is -2.10. The molecule has 0 spiro atoms. The zero-order valence-corrected chi connectivity index (χ0v) is 10.8. The smallest absolute Gasteiger partial charge is 0.252 e. The van der Waals surface area contributed by atoms with E-state index < -0.39 is 0 Å². The number of rotatable bonds is 2. The third-order valence-electron chi connectivity index (χ3n) is 2.67. The summed E-state index contributed by atoms with van der Waals surface area (Å²) in [6.45, 7) is 1.81. The quantitative estimate of drug-likeness (QED) is 0.552. The second kappa shape index (κ2) is 4.49. The minimum Gasteiger partial charge on any atom is -0.417 e. The Morgan fingerprint density at radius 1 is 1.21 bits per heavy atom. The zero-order valence-electron chi connectivity index (χ0n) is 10.0. The Labute approximate surface area is 113 Å². The summed E-state index contributed by atoms with van der Waals surface area (Å²) in [6.07, 6.45) is 0. The van der Waals surface area contributed by atoms with E-state index in [1.165, 1.54) is 0 Å². The molecule has 0 amide bonds. The summed E-state index contributed by atoms with van der Waals surface area (Å²) in [4.78, 5) is 12.6. The topological polar surface area (TPSA) is 89.9 Å². The van der Waals surface area contributed by atoms with Crippen molar-refractivity contribution in [3.05, 3.63) is 35.0 Å². The second-order valence-electron chi connectivity index (χ2n) is 3.93. The highest BCUT2D eigenvalue weighted by Crippen LogP contribution is 2.29. The minimum absolute atomic E-state index is 0.284. The first-order valence-corrected chi connectivity index (χ1v) is 5.93. The molecule has 0 saturated heterocycles. The fraction of sp³-hybridized carbons (Fsp3) is 0.0833. The van der Waals surface area contributed by atoms with Crippen molar-refractivity contribution in [1.29, 1.82) is 0 Å². The first-order chi connectivity index (χ1) is 9.19. The number of aryl methyl sites for hydroxylation is 1. The van der Waals surface area contributed by atoms with Crippen molar-refractivity contribution in [1.82, 2.24) is 15.0 Å². The molecule has 0 fully saturated rings. The molecule has 2 aromatic heterocycles. The number of anilines is 1. The fourth-order valence-corrected chi connectivity index (χ4v) is 1.99. The lowest BCUT2D eigenvalue weighted by atomic mass is 10.2. The Kier molecular flexibility index (Phi) is 2.81. The maximum Gasteiger partial charge on any atom is 0.252 e. The molecule has 96 valence electrons. The van der Waals surface area contributed by atoms with Crippen LogP contribution in [0.25, 0.3) is 22.7 Å². The molecule has 3 aromatic rings. The van der Waals surface area contributed by atoms with Gasteiger partial charge in [-0.25, -0.2) is 15.8 Å². The summed E-state index contributed by atoms with van der Waals surface area (Å²) < 4.78 is 5.62. The molecule has 0 aliphatic heterocycles. The normalized spacial score (nSPS) is 10.9. The van der Waals surface area contributed by atoms with Crippen LogP contribution in [0.2, 0.25) is 5.02 Å². The molecular weight excluding hydrogens is 266 g/mol. The third-order valence-corrected chi connectivity index (χ3v) is 3.00. The predicted octanol–water partition coefficient (Wildman–Crippen LogP) is 2.53. The van der Waals surface area contributed by atoms with Crippen molar-refractivity contribution in [2.75, 3.05) is 5.43 Å². The number of hydrazine groups is 1. The zero-order chi connectivity index (χ0) is 13.4. The van der Waals surface area contributed by atoms with E-state index in [0.717, 1.165) is 0 Å². The minimum atomic E-state index is 0.284. The van der Waals surface area contributed by atoms with Crippen molar-refractivity contribution < 1.29 is 4.42 Å². The number of benzene rings is 1. The van der Waals surface area contributed by atoms with Crippen LogP contribution in [0.4, 0.5) is 5.95 Å². The van der Waals surface area contributed by atoms with Gasteiger partial charge in [0.05, 0.1) is 16.3 Å². The fourth-order valence-electron chi connectivity index (χ4n) is 1.77. The molecule has 0 radical (unpaired) electrons. The highest BCUT2D eigenvalue weighted by atomic mass is 35.5. The molecular formula is C12H10ClN5O. The van der Waals surface area contributed by atoms with E-state index in [2.05, 4.69) is 20.4 Å². The van der Waals surface area contributed by atoms with Crippen LogP contribution in [0.3, 0.4) is 0 Å². The number of aromatic nitrogens is 3. The molecule has 0 bridgehead atoms. The van der Waals surface area contributed by atoms with Gasteiger partial charge in [-0.05, 0) is 19.1 Å². The highest BCUT2D eigenvalue weighted by Gasteiger charge is 2.15. The maximum atomic E-state index is 6.12. The number of nitrogens with one attached hydrogen (secondary N) is 1. The summed E-state index contributed by atoms with van der Waals surface area (Å²) in [7, 11) is 0. The standard InChI is InChI=1S/C12H10ClN5O/c1-6-9-11(17-12(15-6)18-14)19-10(16-9)7-4-2-3-5-8(7)13/h2-5H,14H2,1H3,(H,15,17,18). The lowest BCUT2D eigenvalue weighted by Gasteiger charge is -1.97. The van der Waals surface area contributed by atoms with Gasteiger partial charge in [0.2, 0.25) is 11.8 Å². The second-order valence-corrected chi connectivity index (χ2v) is 4.34. The molecule has 7 heteroatoms. The third kappa shape index (κ3) is 2.00. The predicted molar refractivity (Wildman–Crippen MR) is 72.6 cm³/mol. The van der Waals surface area contributed by atoms with Crippen molar-refractivity contribution in [2.24, 2.45) is 5.84 Å². The van der Waals surface area contributed by atoms with Crippen molar-refractivity contribution in [2.45, 2.75) is 6.92 Å². The number of hydrogen-bond donors (Lipinski definition) is 2. The van der Waals surface area contributed by atoms with Crippen LogP contribution in [0.15, 0.2) is 28.7 Å². The number of fused-ring (bicyclic) bond motifs is 1. The summed E-state index contributed by atoms with van der Waals surface area (Å²) in [5, 5.41) is 0.567. The Morgan fingerprint density at radius 3 is 2.74 bits per heavy atom. The molecule has 0 saturated carbocycles. The van der Waals surface area contributed by atoms with Crippen molar-refractivity contribution >= 4 is 28.8 Å². The van der Waals surface area contributed by atoms with Gasteiger partial charge in [-0.3, -0.25) is 5.43 Å². The van der Waals surface area contributed by atoms with E-state index in [0.29, 0.717) is 33.4 Å². The summed E-state index contributed by atoms with van der Waals surface area (Å²) in [6, 6.07) is 7.31. The van der Waals surface area contributed by atoms with E-state index in [9.17, 15) is 0 Å². The average molecular weight is 276 g/mol. The Bertz CT molecular complexity index is 755. The van der Waals surface area contributed by atoms with Gasteiger partial charge in [0.25, 0.3) is 5.71 Å². The van der Waals surface area contributed by atoms with Crippen LogP contribution in [0.1, 0.15) is 5.69 Å². The van der Waals surface area contributed by atoms with Crippen LogP contribution < -0.4 is 11.3 Å². The molecule has 2 heterocycles. The Hall–Kier alpha value is -2.18. The van der Waals surface area contributed by atoms with Crippen LogP contribution in [-0.4, -0.2) is 15.0 Å². The van der Waals surface area contributed by atoms with Gasteiger partial charge in [-0.15, -0.1) is 0 Å². The molecule has 19 heavy (non-hydrogen) atoms. The Balaban J connectivity index is 2.22. The molecule has 0 aliphatic carbocycles. The molecule has 6 nitrogen and oxygen atoms in total. The average Bonchev–Trinajstić information content (AvgIpc) is 2.83. The van der Waals surface area contributed by atoms with Gasteiger partial charge >= 0.3 is 0 Å². The highest BCUT2D eigenvalue weighted by molar-refractivity contribution is 6.33. The van der Waals surface area contributed by atoms with Gasteiger partial charge in [0, 0.05) is 0 Å². The van der Waals surface area contributed by atoms with E-state index >= 15 is 0 Å². The maximum absolute atomic E-state index is 6.12. The number of halogens is 1. The number of nitrogens with two attached hydrogens (primary N) is 1. The summed E-state index contributed by atoms with van der Waals surface area (Å²) in [5.74, 6) is 5.99. The van der Waals surface area contributed by atoms with E-state index in [1.807, 2.05) is 25.1 Å². The molecule has 1 aromatic carbocycles. The summed E-state index contributed by atoms with van der Waals surface area (Å²) >= 11 is 6.12. The molecule has 0 atom stereocenters. The van der Waals surface area contributed by atoms with Gasteiger partial charge in [0.15, 0.2) is 5.52 Å². The van der Waals surface area contributed by atoms with E-state index in [4.69, 9.17) is 21.9 Å². The SMILES string of the molecule is Cc1nc(NN)nc2oc(-c3ccccc3Cl)nc12. The first-order valence-electron chi connectivity index (χ1n) is 5.55. The van der Waals surface area contributed by atoms with Gasteiger partial charge in [-0.1, -0.05) is 23.7 Å².